The van der Waals surface area contributed by atoms with E-state index in [0.29, 0.717) is 22.9 Å². The molecular weight excluding hydrogens is 298 g/mol. The summed E-state index contributed by atoms with van der Waals surface area (Å²) in [5.74, 6) is 0.945. The lowest BCUT2D eigenvalue weighted by molar-refractivity contribution is -0.136. The third-order valence-corrected chi connectivity index (χ3v) is 2.82. The number of esters is 1. The molecule has 1 amide bonds. The number of methoxy groups -OCH3 is 1. The summed E-state index contributed by atoms with van der Waals surface area (Å²) in [5, 5.41) is 2.63. The van der Waals surface area contributed by atoms with Crippen molar-refractivity contribution in [3.8, 4) is 17.2 Å². The van der Waals surface area contributed by atoms with E-state index in [0.717, 1.165) is 0 Å². The molecule has 0 aromatic heterocycles. The first-order valence-electron chi connectivity index (χ1n) is 6.92. The molecule has 0 unspecified atom stereocenters. The molecule has 0 saturated carbocycles. The van der Waals surface area contributed by atoms with Crippen LogP contribution in [0.5, 0.6) is 17.2 Å². The van der Waals surface area contributed by atoms with Gasteiger partial charge in [-0.2, -0.15) is 0 Å². The van der Waals surface area contributed by atoms with Gasteiger partial charge in [-0.25, -0.2) is 4.79 Å². The normalized spacial score (nSPS) is 9.83. The molecule has 2 aromatic carbocycles. The summed E-state index contributed by atoms with van der Waals surface area (Å²) in [4.78, 5) is 22.6. The van der Waals surface area contributed by atoms with Gasteiger partial charge in [0.1, 0.15) is 17.2 Å². The number of hydrogen-bond acceptors (Lipinski definition) is 5. The molecule has 2 rings (SSSR count). The van der Waals surface area contributed by atoms with Crippen molar-refractivity contribution < 1.29 is 23.8 Å². The van der Waals surface area contributed by atoms with Gasteiger partial charge in [0, 0.05) is 12.6 Å². The van der Waals surface area contributed by atoms with Crippen LogP contribution in [0.3, 0.4) is 0 Å². The zero-order valence-corrected chi connectivity index (χ0v) is 12.9. The van der Waals surface area contributed by atoms with Gasteiger partial charge in [-0.1, -0.05) is 0 Å². The molecule has 23 heavy (non-hydrogen) atoms. The number of amides is 1. The van der Waals surface area contributed by atoms with Crippen LogP contribution in [0.1, 0.15) is 6.92 Å². The summed E-state index contributed by atoms with van der Waals surface area (Å²) in [6.45, 7) is 1.21. The molecule has 0 saturated heterocycles. The van der Waals surface area contributed by atoms with Crippen LogP contribution in [0.2, 0.25) is 0 Å². The molecule has 0 aliphatic rings. The molecule has 0 spiro atoms. The zero-order valence-electron chi connectivity index (χ0n) is 12.9. The third kappa shape index (κ3) is 5.35. The molecule has 6 nitrogen and oxygen atoms in total. The standard InChI is InChI=1S/C17H17NO5/c1-12(19)18-13-3-5-16(6-4-13)23-17(20)11-22-15-9-7-14(21-2)8-10-15/h3-10H,11H2,1-2H3,(H,18,19). The molecule has 0 aliphatic heterocycles. The maximum Gasteiger partial charge on any atom is 0.349 e. The van der Waals surface area contributed by atoms with Crippen molar-refractivity contribution in [3.05, 3.63) is 48.5 Å². The van der Waals surface area contributed by atoms with Crippen LogP contribution >= 0.6 is 0 Å². The smallest absolute Gasteiger partial charge is 0.349 e. The average molecular weight is 315 g/mol. The molecule has 120 valence electrons. The summed E-state index contributed by atoms with van der Waals surface area (Å²) in [5.41, 5.74) is 0.631. The Kier molecular flexibility index (Phi) is 5.57. The number of hydrogen-bond donors (Lipinski definition) is 1. The summed E-state index contributed by atoms with van der Waals surface area (Å²) < 4.78 is 15.5. The second-order valence-corrected chi connectivity index (χ2v) is 4.64. The van der Waals surface area contributed by atoms with Gasteiger partial charge < -0.3 is 19.5 Å². The number of carbonyl (C=O) groups is 2. The first-order chi connectivity index (χ1) is 11.1. The molecule has 2 aromatic rings. The Balaban J connectivity index is 1.82. The Morgan fingerprint density at radius 3 is 2.04 bits per heavy atom. The molecule has 0 aliphatic carbocycles. The lowest BCUT2D eigenvalue weighted by atomic mass is 10.3. The highest BCUT2D eigenvalue weighted by molar-refractivity contribution is 5.88. The minimum atomic E-state index is -0.520. The van der Waals surface area contributed by atoms with Crippen molar-refractivity contribution in [2.24, 2.45) is 0 Å². The van der Waals surface area contributed by atoms with Gasteiger partial charge in [0.2, 0.25) is 5.91 Å². The topological polar surface area (TPSA) is 73.9 Å². The third-order valence-electron chi connectivity index (χ3n) is 2.82. The Labute approximate surface area is 134 Å². The molecule has 6 heteroatoms. The van der Waals surface area contributed by atoms with Crippen molar-refractivity contribution in [1.82, 2.24) is 0 Å². The number of rotatable bonds is 6. The van der Waals surface area contributed by atoms with Crippen LogP contribution in [-0.2, 0) is 9.59 Å². The van der Waals surface area contributed by atoms with E-state index in [9.17, 15) is 9.59 Å². The van der Waals surface area contributed by atoms with Crippen LogP contribution in [-0.4, -0.2) is 25.6 Å². The highest BCUT2D eigenvalue weighted by Gasteiger charge is 2.07. The van der Waals surface area contributed by atoms with Crippen LogP contribution in [0.4, 0.5) is 5.69 Å². The van der Waals surface area contributed by atoms with Crippen molar-refractivity contribution >= 4 is 17.6 Å². The molecular formula is C17H17NO5. The van der Waals surface area contributed by atoms with E-state index in [2.05, 4.69) is 5.32 Å². The number of nitrogens with one attached hydrogen (secondary N) is 1. The molecule has 0 radical (unpaired) electrons. The van der Waals surface area contributed by atoms with E-state index in [1.54, 1.807) is 55.6 Å². The maximum atomic E-state index is 11.7. The fourth-order valence-electron chi connectivity index (χ4n) is 1.78. The Hall–Kier alpha value is -3.02. The predicted octanol–water partition coefficient (Wildman–Crippen LogP) is 2.64. The van der Waals surface area contributed by atoms with Gasteiger partial charge in [0.05, 0.1) is 7.11 Å². The highest BCUT2D eigenvalue weighted by atomic mass is 16.6. The van der Waals surface area contributed by atoms with Crippen LogP contribution in [0, 0.1) is 0 Å². The summed E-state index contributed by atoms with van der Waals surface area (Å²) in [6, 6.07) is 13.4. The van der Waals surface area contributed by atoms with Crippen molar-refractivity contribution in [1.29, 1.82) is 0 Å². The second-order valence-electron chi connectivity index (χ2n) is 4.64. The van der Waals surface area contributed by atoms with E-state index in [1.807, 2.05) is 0 Å². The monoisotopic (exact) mass is 315 g/mol. The van der Waals surface area contributed by atoms with Crippen LogP contribution < -0.4 is 19.5 Å². The van der Waals surface area contributed by atoms with Gasteiger partial charge in [0.15, 0.2) is 6.61 Å². The van der Waals surface area contributed by atoms with Crippen LogP contribution in [0.15, 0.2) is 48.5 Å². The lowest BCUT2D eigenvalue weighted by Gasteiger charge is -2.08. The Bertz CT molecular complexity index is 664. The molecule has 1 N–H and O–H groups in total. The van der Waals surface area contributed by atoms with Gasteiger partial charge in [0.25, 0.3) is 0 Å². The number of anilines is 1. The Morgan fingerprint density at radius 1 is 0.913 bits per heavy atom. The zero-order chi connectivity index (χ0) is 16.7. The van der Waals surface area contributed by atoms with Gasteiger partial charge in [-0.15, -0.1) is 0 Å². The average Bonchev–Trinajstić information content (AvgIpc) is 2.55. The summed E-state index contributed by atoms with van der Waals surface area (Å²) in [7, 11) is 1.57. The molecule has 0 fully saturated rings. The molecule has 0 atom stereocenters. The largest absolute Gasteiger partial charge is 0.497 e. The van der Waals surface area contributed by atoms with E-state index in [-0.39, 0.29) is 12.5 Å². The molecule has 0 heterocycles. The van der Waals surface area contributed by atoms with Crippen LogP contribution in [0.25, 0.3) is 0 Å². The van der Waals surface area contributed by atoms with Crippen molar-refractivity contribution in [2.45, 2.75) is 6.92 Å². The Morgan fingerprint density at radius 2 is 1.48 bits per heavy atom. The second kappa shape index (κ2) is 7.84. The first-order valence-corrected chi connectivity index (χ1v) is 6.92. The number of benzene rings is 2. The van der Waals surface area contributed by atoms with Gasteiger partial charge in [-0.05, 0) is 48.5 Å². The van der Waals surface area contributed by atoms with Crippen molar-refractivity contribution in [3.63, 3.8) is 0 Å². The van der Waals surface area contributed by atoms with Gasteiger partial charge >= 0.3 is 5.97 Å². The maximum absolute atomic E-state index is 11.7. The van der Waals surface area contributed by atoms with E-state index in [4.69, 9.17) is 14.2 Å². The van der Waals surface area contributed by atoms with Gasteiger partial charge in [-0.3, -0.25) is 4.79 Å². The van der Waals surface area contributed by atoms with E-state index < -0.39 is 5.97 Å². The lowest BCUT2D eigenvalue weighted by Crippen LogP contribution is -2.17. The van der Waals surface area contributed by atoms with Crippen molar-refractivity contribution in [2.75, 3.05) is 19.0 Å². The van der Waals surface area contributed by atoms with E-state index in [1.165, 1.54) is 6.92 Å². The highest BCUT2D eigenvalue weighted by Crippen LogP contribution is 2.18. The summed E-state index contributed by atoms with van der Waals surface area (Å²) in [6.07, 6.45) is 0. The minimum absolute atomic E-state index is 0.164. The number of ether oxygens (including phenoxy) is 3. The fourth-order valence-corrected chi connectivity index (χ4v) is 1.78. The van der Waals surface area contributed by atoms with E-state index >= 15 is 0 Å². The summed E-state index contributed by atoms with van der Waals surface area (Å²) >= 11 is 0. The minimum Gasteiger partial charge on any atom is -0.497 e. The number of carbonyl (C=O) groups excluding carboxylic acids is 2. The quantitative estimate of drug-likeness (QED) is 0.655. The SMILES string of the molecule is COc1ccc(OCC(=O)Oc2ccc(NC(C)=O)cc2)cc1. The fraction of sp³-hybridized carbons (Fsp3) is 0.176. The predicted molar refractivity (Wildman–Crippen MR) is 84.9 cm³/mol. The molecule has 0 bridgehead atoms. The first kappa shape index (κ1) is 16.4.